The molecule has 0 unspecified atom stereocenters. The minimum atomic E-state index is -0.456. The van der Waals surface area contributed by atoms with Crippen LogP contribution < -0.4 is 5.01 Å². The summed E-state index contributed by atoms with van der Waals surface area (Å²) in [5, 5.41) is 6.18. The molecule has 2 aliphatic heterocycles. The number of amides is 1. The van der Waals surface area contributed by atoms with Gasteiger partial charge in [0, 0.05) is 4.91 Å². The van der Waals surface area contributed by atoms with Crippen LogP contribution in [0.3, 0.4) is 0 Å². The second-order valence-electron chi connectivity index (χ2n) is 8.40. The van der Waals surface area contributed by atoms with Gasteiger partial charge in [0.25, 0.3) is 5.91 Å². The van der Waals surface area contributed by atoms with Crippen LogP contribution >= 0.6 is 11.8 Å². The molecule has 0 radical (unpaired) electrons. The smallest absolute Gasteiger partial charge is 0.267 e. The fraction of sp³-hybridized carbons (Fsp3) is 0.0667. The summed E-state index contributed by atoms with van der Waals surface area (Å²) >= 11 is 1.75. The van der Waals surface area contributed by atoms with Gasteiger partial charge in [-0.2, -0.15) is 10.1 Å². The first-order valence-electron chi connectivity index (χ1n) is 11.3. The molecule has 0 atom stereocenters. The van der Waals surface area contributed by atoms with Gasteiger partial charge in [0.05, 0.1) is 21.7 Å². The molecule has 0 spiro atoms. The molecule has 0 bridgehead atoms. The lowest BCUT2D eigenvalue weighted by atomic mass is 9.82. The number of benzene rings is 4. The largest absolute Gasteiger partial charge is 0.281 e. The van der Waals surface area contributed by atoms with Gasteiger partial charge >= 0.3 is 0 Å². The second kappa shape index (κ2) is 8.15. The van der Waals surface area contributed by atoms with E-state index >= 15 is 0 Å². The molecule has 1 amide bonds. The van der Waals surface area contributed by atoms with Crippen molar-refractivity contribution >= 4 is 34.0 Å². The molecule has 3 nitrogen and oxygen atoms in total. The standard InChI is InChI=1S/C30H22N2OS/c1-21-27(29(33)32(31-21)24-17-9-4-10-18-24)28-25-19-11-12-20-26(25)30(34-28,22-13-5-2-6-14-22)23-15-7-3-8-16-23/h2-20H,1H3/b28-27-. The van der Waals surface area contributed by atoms with Crippen LogP contribution in [0, 0.1) is 0 Å². The van der Waals surface area contributed by atoms with Crippen LogP contribution in [-0.2, 0) is 9.54 Å². The van der Waals surface area contributed by atoms with E-state index in [2.05, 4.69) is 71.8 Å². The van der Waals surface area contributed by atoms with E-state index in [0.717, 1.165) is 21.9 Å². The third-order valence-electron chi connectivity index (χ3n) is 6.41. The van der Waals surface area contributed by atoms with Crippen molar-refractivity contribution in [2.24, 2.45) is 5.10 Å². The molecule has 2 aliphatic rings. The molecule has 2 heterocycles. The number of rotatable bonds is 3. The Balaban J connectivity index is 1.59. The Morgan fingerprint density at radius 3 is 1.85 bits per heavy atom. The molecule has 0 saturated carbocycles. The summed E-state index contributed by atoms with van der Waals surface area (Å²) in [6, 6.07) is 39.2. The molecule has 0 aliphatic carbocycles. The van der Waals surface area contributed by atoms with E-state index < -0.39 is 4.75 Å². The van der Waals surface area contributed by atoms with E-state index in [9.17, 15) is 4.79 Å². The summed E-state index contributed by atoms with van der Waals surface area (Å²) < 4.78 is -0.456. The first kappa shape index (κ1) is 20.7. The van der Waals surface area contributed by atoms with Gasteiger partial charge < -0.3 is 0 Å². The number of anilines is 1. The highest BCUT2D eigenvalue weighted by Gasteiger charge is 2.47. The number of carbonyl (C=O) groups is 1. The molecule has 0 fully saturated rings. The maximum absolute atomic E-state index is 13.7. The van der Waals surface area contributed by atoms with Gasteiger partial charge in [0.2, 0.25) is 0 Å². The number of carbonyl (C=O) groups excluding carboxylic acids is 1. The minimum Gasteiger partial charge on any atom is -0.267 e. The Bertz CT molecular complexity index is 1400. The summed E-state index contributed by atoms with van der Waals surface area (Å²) in [4.78, 5) is 14.7. The Morgan fingerprint density at radius 2 is 1.24 bits per heavy atom. The van der Waals surface area contributed by atoms with E-state index in [1.165, 1.54) is 21.7 Å². The van der Waals surface area contributed by atoms with Crippen LogP contribution in [0.1, 0.15) is 29.2 Å². The molecule has 164 valence electrons. The van der Waals surface area contributed by atoms with E-state index in [1.54, 1.807) is 11.8 Å². The van der Waals surface area contributed by atoms with E-state index in [-0.39, 0.29) is 5.91 Å². The van der Waals surface area contributed by atoms with Crippen molar-refractivity contribution in [3.8, 4) is 0 Å². The maximum Gasteiger partial charge on any atom is 0.281 e. The first-order chi connectivity index (χ1) is 16.7. The van der Waals surface area contributed by atoms with Crippen molar-refractivity contribution in [1.82, 2.24) is 0 Å². The second-order valence-corrected chi connectivity index (χ2v) is 9.63. The number of thioether (sulfide) groups is 1. The quantitative estimate of drug-likeness (QED) is 0.314. The molecular formula is C30H22N2OS. The average Bonchev–Trinajstić information content (AvgIpc) is 3.40. The van der Waals surface area contributed by atoms with Gasteiger partial charge in [0.1, 0.15) is 0 Å². The number of hydrazone groups is 1. The average molecular weight is 459 g/mol. The number of hydrogen-bond donors (Lipinski definition) is 0. The summed E-state index contributed by atoms with van der Waals surface area (Å²) in [5.41, 5.74) is 6.85. The van der Waals surface area contributed by atoms with E-state index in [1.807, 2.05) is 55.5 Å². The van der Waals surface area contributed by atoms with Crippen molar-refractivity contribution in [3.63, 3.8) is 0 Å². The van der Waals surface area contributed by atoms with Crippen LogP contribution in [0.25, 0.3) is 4.91 Å². The van der Waals surface area contributed by atoms with Gasteiger partial charge in [-0.15, -0.1) is 11.8 Å². The number of fused-ring (bicyclic) bond motifs is 1. The molecule has 4 heteroatoms. The predicted octanol–water partition coefficient (Wildman–Crippen LogP) is 6.86. The van der Waals surface area contributed by atoms with Gasteiger partial charge in [-0.05, 0) is 41.3 Å². The summed E-state index contributed by atoms with van der Waals surface area (Å²) in [6.07, 6.45) is 0. The maximum atomic E-state index is 13.7. The van der Waals surface area contributed by atoms with Crippen molar-refractivity contribution in [3.05, 3.63) is 143 Å². The molecule has 0 N–H and O–H groups in total. The fourth-order valence-electron chi connectivity index (χ4n) is 4.89. The molecule has 6 rings (SSSR count). The van der Waals surface area contributed by atoms with Crippen molar-refractivity contribution < 1.29 is 4.79 Å². The van der Waals surface area contributed by atoms with Gasteiger partial charge in [-0.25, -0.2) is 0 Å². The Kier molecular flexibility index (Phi) is 4.96. The Labute approximate surface area is 203 Å². The molecule has 34 heavy (non-hydrogen) atoms. The summed E-state index contributed by atoms with van der Waals surface area (Å²) in [7, 11) is 0. The zero-order valence-electron chi connectivity index (χ0n) is 18.7. The van der Waals surface area contributed by atoms with Crippen LogP contribution in [0.2, 0.25) is 0 Å². The summed E-state index contributed by atoms with van der Waals surface area (Å²) in [5.74, 6) is -0.0853. The SMILES string of the molecule is CC1=NN(c2ccccc2)C(=O)/C1=C1\SC(c2ccccc2)(c2ccccc2)c2ccccc21. The highest BCUT2D eigenvalue weighted by molar-refractivity contribution is 8.10. The third kappa shape index (κ3) is 3.06. The Hall–Kier alpha value is -3.89. The number of para-hydroxylation sites is 1. The van der Waals surface area contributed by atoms with Crippen LogP contribution in [-0.4, -0.2) is 11.6 Å². The van der Waals surface area contributed by atoms with Crippen molar-refractivity contribution in [2.75, 3.05) is 5.01 Å². The lowest BCUT2D eigenvalue weighted by Crippen LogP contribution is -2.23. The molecule has 4 aromatic carbocycles. The summed E-state index contributed by atoms with van der Waals surface area (Å²) in [6.45, 7) is 1.93. The number of hydrogen-bond acceptors (Lipinski definition) is 3. The van der Waals surface area contributed by atoms with Gasteiger partial charge in [-0.3, -0.25) is 4.79 Å². The Morgan fingerprint density at radius 1 is 0.706 bits per heavy atom. The van der Waals surface area contributed by atoms with Crippen molar-refractivity contribution in [2.45, 2.75) is 11.7 Å². The number of nitrogens with zero attached hydrogens (tertiary/aromatic N) is 2. The zero-order valence-corrected chi connectivity index (χ0v) is 19.5. The van der Waals surface area contributed by atoms with Gasteiger partial charge in [-0.1, -0.05) is 103 Å². The van der Waals surface area contributed by atoms with E-state index in [4.69, 9.17) is 0 Å². The van der Waals surface area contributed by atoms with E-state index in [0.29, 0.717) is 5.57 Å². The van der Waals surface area contributed by atoms with Crippen LogP contribution in [0.5, 0.6) is 0 Å². The van der Waals surface area contributed by atoms with Crippen molar-refractivity contribution in [1.29, 1.82) is 0 Å². The molecular weight excluding hydrogens is 436 g/mol. The third-order valence-corrected chi connectivity index (χ3v) is 8.04. The van der Waals surface area contributed by atoms with Crippen LogP contribution in [0.15, 0.2) is 126 Å². The van der Waals surface area contributed by atoms with Gasteiger partial charge in [0.15, 0.2) is 0 Å². The highest BCUT2D eigenvalue weighted by Crippen LogP contribution is 2.62. The normalized spacial score (nSPS) is 18.7. The zero-order chi connectivity index (χ0) is 23.1. The lowest BCUT2D eigenvalue weighted by Gasteiger charge is -2.31. The highest BCUT2D eigenvalue weighted by atomic mass is 32.2. The first-order valence-corrected chi connectivity index (χ1v) is 12.1. The molecule has 4 aromatic rings. The molecule has 0 aromatic heterocycles. The topological polar surface area (TPSA) is 32.7 Å². The molecule has 0 saturated heterocycles. The predicted molar refractivity (Wildman–Crippen MR) is 141 cm³/mol. The van der Waals surface area contributed by atoms with Crippen LogP contribution in [0.4, 0.5) is 5.69 Å². The minimum absolute atomic E-state index is 0.0853. The lowest BCUT2D eigenvalue weighted by molar-refractivity contribution is -0.114. The monoisotopic (exact) mass is 458 g/mol. The fourth-order valence-corrected chi connectivity index (χ4v) is 6.62.